The topological polar surface area (TPSA) is 82.1 Å². The Morgan fingerprint density at radius 2 is 1.90 bits per heavy atom. The molecule has 1 aromatic heterocycles. The van der Waals surface area contributed by atoms with Crippen molar-refractivity contribution in [3.05, 3.63) is 15.6 Å². The third kappa shape index (κ3) is 8.18. The maximum Gasteiger partial charge on any atom is 0.410 e. The van der Waals surface area contributed by atoms with Crippen molar-refractivity contribution in [3.63, 3.8) is 0 Å². The smallest absolute Gasteiger partial charge is 0.410 e. The minimum atomic E-state index is -0.440. The van der Waals surface area contributed by atoms with Crippen LogP contribution in [0.3, 0.4) is 0 Å². The summed E-state index contributed by atoms with van der Waals surface area (Å²) in [4.78, 5) is 26.3. The van der Waals surface area contributed by atoms with Crippen molar-refractivity contribution in [2.75, 3.05) is 46.3 Å². The lowest BCUT2D eigenvalue weighted by Gasteiger charge is -2.35. The van der Waals surface area contributed by atoms with Gasteiger partial charge in [-0.1, -0.05) is 0 Å². The Labute approximate surface area is 178 Å². The number of thiazole rings is 1. The van der Waals surface area contributed by atoms with Gasteiger partial charge in [0.05, 0.1) is 17.2 Å². The molecule has 2 heterocycles. The van der Waals surface area contributed by atoms with Crippen LogP contribution in [-0.2, 0) is 11.3 Å². The number of aromatic nitrogens is 1. The molecule has 2 N–H and O–H groups in total. The SMILES string of the molecule is CN=C(NCCCN1CCN(C(=O)OC(C)(C)C)CC1)NCc1sc(C)nc1C. The Morgan fingerprint density at radius 3 is 2.45 bits per heavy atom. The number of amides is 1. The van der Waals surface area contributed by atoms with Crippen molar-refractivity contribution >= 4 is 23.4 Å². The third-order valence-electron chi connectivity index (χ3n) is 4.61. The minimum absolute atomic E-state index is 0.208. The summed E-state index contributed by atoms with van der Waals surface area (Å²) in [6.45, 7) is 15.6. The van der Waals surface area contributed by atoms with Gasteiger partial charge in [0.25, 0.3) is 0 Å². The Hall–Kier alpha value is -1.87. The van der Waals surface area contributed by atoms with Crippen LogP contribution in [0.2, 0.25) is 0 Å². The highest BCUT2D eigenvalue weighted by atomic mass is 32.1. The van der Waals surface area contributed by atoms with E-state index in [0.717, 1.165) is 68.9 Å². The lowest BCUT2D eigenvalue weighted by Crippen LogP contribution is -2.50. The highest BCUT2D eigenvalue weighted by molar-refractivity contribution is 7.11. The molecule has 2 rings (SSSR count). The second-order valence-corrected chi connectivity index (χ2v) is 9.54. The number of aliphatic imine (C=N–C) groups is 1. The van der Waals surface area contributed by atoms with E-state index in [0.29, 0.717) is 0 Å². The number of rotatable bonds is 6. The molecule has 0 atom stereocenters. The number of nitrogens with zero attached hydrogens (tertiary/aromatic N) is 4. The molecule has 0 radical (unpaired) electrons. The highest BCUT2D eigenvalue weighted by Gasteiger charge is 2.25. The number of aryl methyl sites for hydroxylation is 2. The minimum Gasteiger partial charge on any atom is -0.444 e. The normalized spacial score (nSPS) is 16.1. The molecule has 29 heavy (non-hydrogen) atoms. The van der Waals surface area contributed by atoms with E-state index in [4.69, 9.17) is 4.74 Å². The molecule has 0 saturated carbocycles. The Bertz CT molecular complexity index is 690. The lowest BCUT2D eigenvalue weighted by molar-refractivity contribution is 0.0145. The molecule has 1 fully saturated rings. The molecule has 0 unspecified atom stereocenters. The number of hydrogen-bond donors (Lipinski definition) is 2. The lowest BCUT2D eigenvalue weighted by atomic mass is 10.2. The molecule has 8 nitrogen and oxygen atoms in total. The largest absolute Gasteiger partial charge is 0.444 e. The zero-order chi connectivity index (χ0) is 21.4. The van der Waals surface area contributed by atoms with Crippen molar-refractivity contribution in [3.8, 4) is 0 Å². The van der Waals surface area contributed by atoms with Crippen LogP contribution in [0.4, 0.5) is 4.79 Å². The Morgan fingerprint density at radius 1 is 1.21 bits per heavy atom. The zero-order valence-electron chi connectivity index (χ0n) is 18.7. The number of guanidine groups is 1. The first kappa shape index (κ1) is 23.4. The van der Waals surface area contributed by atoms with E-state index in [2.05, 4.69) is 25.5 Å². The number of carbonyl (C=O) groups excluding carboxylic acids is 1. The summed E-state index contributed by atoms with van der Waals surface area (Å²) < 4.78 is 5.45. The van der Waals surface area contributed by atoms with Crippen LogP contribution in [0.5, 0.6) is 0 Å². The number of hydrogen-bond acceptors (Lipinski definition) is 6. The van der Waals surface area contributed by atoms with Gasteiger partial charge in [-0.05, 0) is 47.6 Å². The average Bonchev–Trinajstić information content (AvgIpc) is 2.97. The number of nitrogens with one attached hydrogen (secondary N) is 2. The maximum absolute atomic E-state index is 12.1. The van der Waals surface area contributed by atoms with Crippen molar-refractivity contribution in [2.24, 2.45) is 4.99 Å². The first-order chi connectivity index (χ1) is 13.7. The monoisotopic (exact) mass is 424 g/mol. The van der Waals surface area contributed by atoms with Gasteiger partial charge in [-0.25, -0.2) is 9.78 Å². The van der Waals surface area contributed by atoms with Gasteiger partial charge in [-0.3, -0.25) is 9.89 Å². The molecule has 9 heteroatoms. The predicted octanol–water partition coefficient (Wildman–Crippen LogP) is 2.37. The van der Waals surface area contributed by atoms with Crippen LogP contribution in [-0.4, -0.2) is 78.8 Å². The summed E-state index contributed by atoms with van der Waals surface area (Å²) in [5, 5.41) is 7.81. The summed E-state index contributed by atoms with van der Waals surface area (Å²) in [7, 11) is 1.79. The molecule has 1 saturated heterocycles. The van der Waals surface area contributed by atoms with E-state index in [1.54, 1.807) is 23.3 Å². The van der Waals surface area contributed by atoms with E-state index in [1.807, 2.05) is 34.6 Å². The molecule has 1 aliphatic heterocycles. The van der Waals surface area contributed by atoms with Gasteiger partial charge in [-0.2, -0.15) is 0 Å². The number of carbonyl (C=O) groups is 1. The first-order valence-corrected chi connectivity index (χ1v) is 11.1. The molecule has 0 aliphatic carbocycles. The second kappa shape index (κ2) is 10.8. The Balaban J connectivity index is 1.61. The fraction of sp³-hybridized carbons (Fsp3) is 0.750. The van der Waals surface area contributed by atoms with Gasteiger partial charge in [-0.15, -0.1) is 11.3 Å². The first-order valence-electron chi connectivity index (χ1n) is 10.3. The van der Waals surface area contributed by atoms with E-state index in [1.165, 1.54) is 4.88 Å². The van der Waals surface area contributed by atoms with Gasteiger partial charge < -0.3 is 20.3 Å². The summed E-state index contributed by atoms with van der Waals surface area (Å²) >= 11 is 1.72. The second-order valence-electron chi connectivity index (χ2n) is 8.26. The molecular formula is C20H36N6O2S. The summed E-state index contributed by atoms with van der Waals surface area (Å²) in [6.07, 6.45) is 0.811. The standard InChI is InChI=1S/C20H36N6O2S/c1-15-17(29-16(2)24-15)14-23-18(21-6)22-8-7-9-25-10-12-26(13-11-25)19(27)28-20(3,4)5/h7-14H2,1-6H3,(H2,21,22,23). The van der Waals surface area contributed by atoms with Crippen LogP contribution < -0.4 is 10.6 Å². The van der Waals surface area contributed by atoms with Gasteiger partial charge in [0.15, 0.2) is 5.96 Å². The van der Waals surface area contributed by atoms with E-state index < -0.39 is 5.60 Å². The van der Waals surface area contributed by atoms with Crippen molar-refractivity contribution < 1.29 is 9.53 Å². The van der Waals surface area contributed by atoms with Gasteiger partial charge in [0, 0.05) is 44.6 Å². The average molecular weight is 425 g/mol. The molecule has 1 aliphatic rings. The number of ether oxygens (including phenoxy) is 1. The fourth-order valence-electron chi connectivity index (χ4n) is 3.11. The van der Waals surface area contributed by atoms with Crippen molar-refractivity contribution in [2.45, 2.75) is 53.2 Å². The highest BCUT2D eigenvalue weighted by Crippen LogP contribution is 2.16. The molecule has 0 aromatic carbocycles. The summed E-state index contributed by atoms with van der Waals surface area (Å²) in [6, 6.07) is 0. The van der Waals surface area contributed by atoms with Crippen LogP contribution in [0.15, 0.2) is 4.99 Å². The summed E-state index contributed by atoms with van der Waals surface area (Å²) in [5.41, 5.74) is 0.644. The zero-order valence-corrected chi connectivity index (χ0v) is 19.5. The van der Waals surface area contributed by atoms with E-state index >= 15 is 0 Å². The van der Waals surface area contributed by atoms with Gasteiger partial charge in [0.2, 0.25) is 0 Å². The van der Waals surface area contributed by atoms with Gasteiger partial charge in [0.1, 0.15) is 5.60 Å². The molecular weight excluding hydrogens is 388 g/mol. The van der Waals surface area contributed by atoms with Crippen LogP contribution in [0, 0.1) is 13.8 Å². The van der Waals surface area contributed by atoms with Crippen molar-refractivity contribution in [1.29, 1.82) is 0 Å². The third-order valence-corrected chi connectivity index (χ3v) is 5.68. The van der Waals surface area contributed by atoms with E-state index in [-0.39, 0.29) is 6.09 Å². The van der Waals surface area contributed by atoms with Crippen LogP contribution in [0.1, 0.15) is 42.8 Å². The predicted molar refractivity (Wildman–Crippen MR) is 119 cm³/mol. The molecule has 0 bridgehead atoms. The molecule has 0 spiro atoms. The Kier molecular flexibility index (Phi) is 8.70. The van der Waals surface area contributed by atoms with Crippen molar-refractivity contribution in [1.82, 2.24) is 25.4 Å². The quantitative estimate of drug-likeness (QED) is 0.414. The number of piperazine rings is 1. The van der Waals surface area contributed by atoms with E-state index in [9.17, 15) is 4.79 Å². The maximum atomic E-state index is 12.1. The van der Waals surface area contributed by atoms with Crippen LogP contribution in [0.25, 0.3) is 0 Å². The molecule has 164 valence electrons. The van der Waals surface area contributed by atoms with Crippen LogP contribution >= 0.6 is 11.3 Å². The molecule has 1 aromatic rings. The fourth-order valence-corrected chi connectivity index (χ4v) is 3.99. The van der Waals surface area contributed by atoms with Gasteiger partial charge >= 0.3 is 6.09 Å². The summed E-state index contributed by atoms with van der Waals surface area (Å²) in [5.74, 6) is 0.810. The molecule has 1 amide bonds.